The molecule has 2 bridgehead atoms. The molecule has 2 heterocycles. The highest BCUT2D eigenvalue weighted by atomic mass is 32.2. The lowest BCUT2D eigenvalue weighted by Crippen LogP contribution is -2.37. The first-order valence-electron chi connectivity index (χ1n) is 7.30. The van der Waals surface area contributed by atoms with Gasteiger partial charge in [-0.05, 0) is 43.4 Å². The molecule has 1 N–H and O–H groups in total. The third kappa shape index (κ3) is 2.26. The number of aliphatic carboxylic acids is 1. The van der Waals surface area contributed by atoms with Crippen LogP contribution in [0.25, 0.3) is 0 Å². The molecule has 2 saturated heterocycles. The van der Waals surface area contributed by atoms with E-state index in [4.69, 9.17) is 0 Å². The van der Waals surface area contributed by atoms with Crippen LogP contribution in [0.3, 0.4) is 0 Å². The molecule has 0 saturated carbocycles. The van der Waals surface area contributed by atoms with Crippen molar-refractivity contribution in [3.05, 3.63) is 29.8 Å². The second-order valence-electron chi connectivity index (χ2n) is 5.81. The molecule has 1 aromatic carbocycles. The second kappa shape index (κ2) is 5.10. The summed E-state index contributed by atoms with van der Waals surface area (Å²) >= 11 is 0. The van der Waals surface area contributed by atoms with Gasteiger partial charge >= 0.3 is 5.97 Å². The van der Waals surface area contributed by atoms with Gasteiger partial charge in [0.25, 0.3) is 0 Å². The van der Waals surface area contributed by atoms with Crippen LogP contribution in [0.4, 0.5) is 0 Å². The van der Waals surface area contributed by atoms with Crippen molar-refractivity contribution in [2.45, 2.75) is 49.6 Å². The van der Waals surface area contributed by atoms with Crippen LogP contribution in [-0.2, 0) is 21.2 Å². The van der Waals surface area contributed by atoms with Gasteiger partial charge in [-0.1, -0.05) is 19.1 Å². The van der Waals surface area contributed by atoms with Crippen LogP contribution < -0.4 is 0 Å². The number of sulfonamides is 1. The average molecular weight is 309 g/mol. The Morgan fingerprint density at radius 3 is 2.76 bits per heavy atom. The first-order chi connectivity index (χ1) is 9.95. The number of aryl methyl sites for hydroxylation is 1. The van der Waals surface area contributed by atoms with Crippen molar-refractivity contribution in [3.63, 3.8) is 0 Å². The summed E-state index contributed by atoms with van der Waals surface area (Å²) in [4.78, 5) is 11.6. The normalized spacial score (nSPS) is 28.9. The van der Waals surface area contributed by atoms with E-state index in [1.807, 2.05) is 13.0 Å². The minimum atomic E-state index is -3.60. The summed E-state index contributed by atoms with van der Waals surface area (Å²) < 4.78 is 27.2. The summed E-state index contributed by atoms with van der Waals surface area (Å²) in [5, 5.41) is 9.25. The van der Waals surface area contributed by atoms with E-state index in [2.05, 4.69) is 0 Å². The Morgan fingerprint density at radius 1 is 1.38 bits per heavy atom. The first-order valence-corrected chi connectivity index (χ1v) is 8.74. The number of carboxylic acids is 1. The molecule has 3 unspecified atom stereocenters. The molecule has 0 spiro atoms. The smallest absolute Gasteiger partial charge is 0.308 e. The lowest BCUT2D eigenvalue weighted by molar-refractivity contribution is -0.142. The topological polar surface area (TPSA) is 74.7 Å². The lowest BCUT2D eigenvalue weighted by Gasteiger charge is -2.22. The van der Waals surface area contributed by atoms with Gasteiger partial charge in [0.1, 0.15) is 0 Å². The molecular formula is C15H19NO4S. The van der Waals surface area contributed by atoms with Gasteiger partial charge in [-0.25, -0.2) is 8.42 Å². The molecule has 114 valence electrons. The van der Waals surface area contributed by atoms with E-state index in [0.717, 1.165) is 18.4 Å². The molecule has 1 aromatic rings. The fourth-order valence-electron chi connectivity index (χ4n) is 3.63. The van der Waals surface area contributed by atoms with Crippen LogP contribution in [0, 0.1) is 5.92 Å². The standard InChI is InChI=1S/C15H19NO4S/c1-2-10-4-3-5-12(8-10)21(19,20)16-11-6-7-14(16)13(9-11)15(17)18/h3-5,8,11,13-14H,2,6-7,9H2,1H3,(H,17,18). The molecule has 5 nitrogen and oxygen atoms in total. The van der Waals surface area contributed by atoms with Gasteiger partial charge < -0.3 is 5.11 Å². The number of fused-ring (bicyclic) bond motifs is 2. The zero-order valence-electron chi connectivity index (χ0n) is 11.9. The minimum absolute atomic E-state index is 0.161. The zero-order chi connectivity index (χ0) is 15.2. The van der Waals surface area contributed by atoms with E-state index in [1.165, 1.54) is 4.31 Å². The molecule has 0 aliphatic carbocycles. The second-order valence-corrected chi connectivity index (χ2v) is 7.66. The van der Waals surface area contributed by atoms with E-state index in [-0.39, 0.29) is 17.0 Å². The summed E-state index contributed by atoms with van der Waals surface area (Å²) in [5.41, 5.74) is 0.970. The van der Waals surface area contributed by atoms with Gasteiger partial charge in [0.05, 0.1) is 10.8 Å². The number of rotatable bonds is 4. The van der Waals surface area contributed by atoms with E-state index >= 15 is 0 Å². The van der Waals surface area contributed by atoms with E-state index in [9.17, 15) is 18.3 Å². The number of nitrogens with zero attached hydrogens (tertiary/aromatic N) is 1. The summed E-state index contributed by atoms with van der Waals surface area (Å²) in [7, 11) is -3.60. The molecule has 6 heteroatoms. The predicted molar refractivity (Wildman–Crippen MR) is 77.4 cm³/mol. The van der Waals surface area contributed by atoms with Crippen molar-refractivity contribution < 1.29 is 18.3 Å². The fourth-order valence-corrected chi connectivity index (χ4v) is 5.61. The molecule has 2 fully saturated rings. The maximum Gasteiger partial charge on any atom is 0.308 e. The fraction of sp³-hybridized carbons (Fsp3) is 0.533. The summed E-state index contributed by atoms with van der Waals surface area (Å²) in [6.45, 7) is 1.98. The Balaban J connectivity index is 1.97. The van der Waals surface area contributed by atoms with Crippen molar-refractivity contribution in [1.29, 1.82) is 0 Å². The van der Waals surface area contributed by atoms with Crippen molar-refractivity contribution in [2.75, 3.05) is 0 Å². The summed E-state index contributed by atoms with van der Waals surface area (Å²) in [6, 6.07) is 6.40. The van der Waals surface area contributed by atoms with E-state index < -0.39 is 21.9 Å². The van der Waals surface area contributed by atoms with Crippen molar-refractivity contribution >= 4 is 16.0 Å². The van der Waals surface area contributed by atoms with Crippen LogP contribution in [0.5, 0.6) is 0 Å². The van der Waals surface area contributed by atoms with Gasteiger partial charge in [-0.3, -0.25) is 4.79 Å². The monoisotopic (exact) mass is 309 g/mol. The number of carbonyl (C=O) groups is 1. The van der Waals surface area contributed by atoms with Crippen LogP contribution in [0.2, 0.25) is 0 Å². The number of benzene rings is 1. The Labute approximate surface area is 124 Å². The van der Waals surface area contributed by atoms with Gasteiger partial charge in [0, 0.05) is 12.1 Å². The first kappa shape index (κ1) is 14.5. The van der Waals surface area contributed by atoms with Gasteiger partial charge in [-0.2, -0.15) is 4.31 Å². The molecule has 0 radical (unpaired) electrons. The average Bonchev–Trinajstić information content (AvgIpc) is 3.05. The van der Waals surface area contributed by atoms with Gasteiger partial charge in [-0.15, -0.1) is 0 Å². The van der Waals surface area contributed by atoms with Gasteiger partial charge in [0.15, 0.2) is 0 Å². The zero-order valence-corrected chi connectivity index (χ0v) is 12.7. The number of hydrogen-bond acceptors (Lipinski definition) is 3. The van der Waals surface area contributed by atoms with Crippen LogP contribution in [0.1, 0.15) is 31.7 Å². The predicted octanol–water partition coefficient (Wildman–Crippen LogP) is 1.88. The Hall–Kier alpha value is -1.40. The molecule has 0 aromatic heterocycles. The van der Waals surface area contributed by atoms with Crippen LogP contribution in [-0.4, -0.2) is 35.9 Å². The molecule has 2 aliphatic heterocycles. The van der Waals surface area contributed by atoms with Crippen molar-refractivity contribution in [3.8, 4) is 0 Å². The Bertz CT molecular complexity index is 670. The quantitative estimate of drug-likeness (QED) is 0.921. The SMILES string of the molecule is CCc1cccc(S(=O)(=O)N2C3CCC2C(C(=O)O)C3)c1. The molecule has 3 rings (SSSR count). The molecular weight excluding hydrogens is 290 g/mol. The number of carboxylic acid groups (broad SMARTS) is 1. The van der Waals surface area contributed by atoms with Crippen molar-refractivity contribution in [2.24, 2.45) is 5.92 Å². The third-order valence-electron chi connectivity index (χ3n) is 4.67. The third-order valence-corrected chi connectivity index (χ3v) is 6.65. The van der Waals surface area contributed by atoms with Crippen LogP contribution >= 0.6 is 0 Å². The summed E-state index contributed by atoms with van der Waals surface area (Å²) in [5.74, 6) is -1.45. The minimum Gasteiger partial charge on any atom is -0.481 e. The highest BCUT2D eigenvalue weighted by Crippen LogP contribution is 2.45. The Kier molecular flexibility index (Phi) is 3.53. The maximum atomic E-state index is 12.9. The number of hydrogen-bond donors (Lipinski definition) is 1. The molecule has 21 heavy (non-hydrogen) atoms. The van der Waals surface area contributed by atoms with Gasteiger partial charge in [0.2, 0.25) is 10.0 Å². The van der Waals surface area contributed by atoms with Crippen LogP contribution in [0.15, 0.2) is 29.2 Å². The molecule has 2 aliphatic rings. The molecule has 3 atom stereocenters. The summed E-state index contributed by atoms with van der Waals surface area (Å²) in [6.07, 6.45) is 2.62. The molecule has 0 amide bonds. The Morgan fingerprint density at radius 2 is 2.14 bits per heavy atom. The maximum absolute atomic E-state index is 12.9. The highest BCUT2D eigenvalue weighted by Gasteiger charge is 2.54. The highest BCUT2D eigenvalue weighted by molar-refractivity contribution is 7.89. The van der Waals surface area contributed by atoms with Crippen molar-refractivity contribution in [1.82, 2.24) is 4.31 Å². The van der Waals surface area contributed by atoms with E-state index in [1.54, 1.807) is 18.2 Å². The van der Waals surface area contributed by atoms with E-state index in [0.29, 0.717) is 12.8 Å². The largest absolute Gasteiger partial charge is 0.481 e. The lowest BCUT2D eigenvalue weighted by atomic mass is 9.89.